The van der Waals surface area contributed by atoms with Gasteiger partial charge < -0.3 is 4.74 Å². The first-order chi connectivity index (χ1) is 11.9. The third-order valence-corrected chi connectivity index (χ3v) is 6.31. The Bertz CT molecular complexity index is 880. The number of benzene rings is 2. The van der Waals surface area contributed by atoms with Gasteiger partial charge in [-0.2, -0.15) is 4.31 Å². The van der Waals surface area contributed by atoms with Crippen molar-refractivity contribution in [3.63, 3.8) is 0 Å². The van der Waals surface area contributed by atoms with E-state index in [9.17, 15) is 13.2 Å². The Hall–Kier alpha value is -1.89. The molecule has 2 aromatic carbocycles. The molecule has 0 N–H and O–H groups in total. The van der Waals surface area contributed by atoms with Crippen molar-refractivity contribution in [2.75, 3.05) is 6.61 Å². The zero-order valence-corrected chi connectivity index (χ0v) is 15.3. The van der Waals surface area contributed by atoms with E-state index >= 15 is 0 Å². The van der Waals surface area contributed by atoms with Crippen LogP contribution in [0.3, 0.4) is 0 Å². The summed E-state index contributed by atoms with van der Waals surface area (Å²) in [6.45, 7) is 2.03. The SMILES string of the molecule is CCOC(=O)[C@@H]1Cc2ccccc2CN1S(=O)(=O)c1ccc(Cl)cc1. The summed E-state index contributed by atoms with van der Waals surface area (Å²) in [6, 6.07) is 12.6. The van der Waals surface area contributed by atoms with Gasteiger partial charge in [-0.05, 0) is 42.3 Å². The van der Waals surface area contributed by atoms with Crippen LogP contribution in [-0.4, -0.2) is 31.3 Å². The van der Waals surface area contributed by atoms with E-state index in [0.717, 1.165) is 11.1 Å². The maximum Gasteiger partial charge on any atom is 0.324 e. The third-order valence-electron chi connectivity index (χ3n) is 4.18. The number of nitrogens with zero attached hydrogens (tertiary/aromatic N) is 1. The smallest absolute Gasteiger partial charge is 0.324 e. The van der Waals surface area contributed by atoms with Crippen LogP contribution < -0.4 is 0 Å². The molecule has 1 atom stereocenters. The number of carbonyl (C=O) groups excluding carboxylic acids is 1. The van der Waals surface area contributed by atoms with E-state index in [1.54, 1.807) is 6.92 Å². The molecule has 1 heterocycles. The van der Waals surface area contributed by atoms with Crippen LogP contribution in [0.15, 0.2) is 53.4 Å². The highest BCUT2D eigenvalue weighted by Crippen LogP contribution is 2.30. The molecular weight excluding hydrogens is 362 g/mol. The molecule has 3 rings (SSSR count). The first-order valence-electron chi connectivity index (χ1n) is 7.94. The van der Waals surface area contributed by atoms with Crippen molar-refractivity contribution >= 4 is 27.6 Å². The number of ether oxygens (including phenoxy) is 1. The fraction of sp³-hybridized carbons (Fsp3) is 0.278. The second-order valence-corrected chi connectivity index (χ2v) is 8.07. The maximum atomic E-state index is 13.1. The largest absolute Gasteiger partial charge is 0.465 e. The number of fused-ring (bicyclic) bond motifs is 1. The molecule has 0 spiro atoms. The third kappa shape index (κ3) is 3.56. The number of esters is 1. The lowest BCUT2D eigenvalue weighted by atomic mass is 9.96. The minimum Gasteiger partial charge on any atom is -0.465 e. The summed E-state index contributed by atoms with van der Waals surface area (Å²) in [5, 5.41) is 0.449. The van der Waals surface area contributed by atoms with Crippen molar-refractivity contribution < 1.29 is 17.9 Å². The van der Waals surface area contributed by atoms with E-state index < -0.39 is 22.0 Å². The van der Waals surface area contributed by atoms with Crippen molar-refractivity contribution in [2.45, 2.75) is 30.8 Å². The van der Waals surface area contributed by atoms with Gasteiger partial charge in [-0.1, -0.05) is 35.9 Å². The molecule has 0 aliphatic carbocycles. The monoisotopic (exact) mass is 379 g/mol. The fourth-order valence-corrected chi connectivity index (χ4v) is 4.61. The summed E-state index contributed by atoms with van der Waals surface area (Å²) < 4.78 is 32.5. The molecular formula is C18H18ClNO4S. The quantitative estimate of drug-likeness (QED) is 0.766. The molecule has 1 aliphatic rings. The summed E-state index contributed by atoms with van der Waals surface area (Å²) in [4.78, 5) is 12.5. The average molecular weight is 380 g/mol. The van der Waals surface area contributed by atoms with E-state index in [1.807, 2.05) is 24.3 Å². The number of halogens is 1. The molecule has 5 nitrogen and oxygen atoms in total. The Kier molecular flexibility index (Phi) is 5.13. The van der Waals surface area contributed by atoms with Crippen LogP contribution in [0, 0.1) is 0 Å². The summed E-state index contributed by atoms with van der Waals surface area (Å²) in [5.41, 5.74) is 1.85. The molecule has 2 aromatic rings. The van der Waals surface area contributed by atoms with E-state index in [4.69, 9.17) is 16.3 Å². The van der Waals surface area contributed by atoms with Gasteiger partial charge in [0.25, 0.3) is 0 Å². The van der Waals surface area contributed by atoms with Crippen LogP contribution in [0.2, 0.25) is 5.02 Å². The molecule has 0 aromatic heterocycles. The zero-order chi connectivity index (χ0) is 18.0. The standard InChI is InChI=1S/C18H18ClNO4S/c1-2-24-18(21)17-11-13-5-3-4-6-14(13)12-20(17)25(22,23)16-9-7-15(19)8-10-16/h3-10,17H,2,11-12H2,1H3/t17-/m0/s1. The Balaban J connectivity index is 2.03. The van der Waals surface area contributed by atoms with Crippen molar-refractivity contribution in [3.8, 4) is 0 Å². The molecule has 0 saturated heterocycles. The van der Waals surface area contributed by atoms with E-state index in [0.29, 0.717) is 11.4 Å². The number of rotatable bonds is 4. The highest BCUT2D eigenvalue weighted by atomic mass is 35.5. The molecule has 0 fully saturated rings. The Morgan fingerprint density at radius 1 is 1.16 bits per heavy atom. The van der Waals surface area contributed by atoms with Gasteiger partial charge in [-0.25, -0.2) is 8.42 Å². The fourth-order valence-electron chi connectivity index (χ4n) is 2.93. The normalized spacial score (nSPS) is 17.8. The van der Waals surface area contributed by atoms with Crippen LogP contribution in [-0.2, 0) is 32.5 Å². The van der Waals surface area contributed by atoms with E-state index in [2.05, 4.69) is 0 Å². The van der Waals surface area contributed by atoms with Crippen molar-refractivity contribution in [1.29, 1.82) is 0 Å². The minimum atomic E-state index is -3.86. The van der Waals surface area contributed by atoms with Gasteiger partial charge in [0.2, 0.25) is 10.0 Å². The van der Waals surface area contributed by atoms with Crippen LogP contribution in [0.5, 0.6) is 0 Å². The van der Waals surface area contributed by atoms with Crippen LogP contribution in [0.4, 0.5) is 0 Å². The first kappa shape index (κ1) is 17.9. The maximum absolute atomic E-state index is 13.1. The predicted molar refractivity (Wildman–Crippen MR) is 94.7 cm³/mol. The highest BCUT2D eigenvalue weighted by molar-refractivity contribution is 7.89. The molecule has 0 bridgehead atoms. The number of hydrogen-bond donors (Lipinski definition) is 0. The van der Waals surface area contributed by atoms with Crippen molar-refractivity contribution in [1.82, 2.24) is 4.31 Å². The zero-order valence-electron chi connectivity index (χ0n) is 13.7. The van der Waals surface area contributed by atoms with E-state index in [-0.39, 0.29) is 18.0 Å². The summed E-state index contributed by atoms with van der Waals surface area (Å²) in [5.74, 6) is -0.533. The topological polar surface area (TPSA) is 63.7 Å². The van der Waals surface area contributed by atoms with Gasteiger partial charge in [-0.15, -0.1) is 0 Å². The lowest BCUT2D eigenvalue weighted by Crippen LogP contribution is -2.49. The van der Waals surface area contributed by atoms with Gasteiger partial charge in [0.1, 0.15) is 6.04 Å². The average Bonchev–Trinajstić information content (AvgIpc) is 2.61. The van der Waals surface area contributed by atoms with Gasteiger partial charge >= 0.3 is 5.97 Å². The van der Waals surface area contributed by atoms with Gasteiger partial charge in [-0.3, -0.25) is 4.79 Å². The molecule has 0 unspecified atom stereocenters. The van der Waals surface area contributed by atoms with Crippen LogP contribution in [0.25, 0.3) is 0 Å². The van der Waals surface area contributed by atoms with Gasteiger partial charge in [0.05, 0.1) is 11.5 Å². The Labute approximate surface area is 152 Å². The van der Waals surface area contributed by atoms with Crippen LogP contribution in [0.1, 0.15) is 18.1 Å². The molecule has 0 radical (unpaired) electrons. The molecule has 7 heteroatoms. The Morgan fingerprint density at radius 3 is 2.44 bits per heavy atom. The summed E-state index contributed by atoms with van der Waals surface area (Å²) in [6.07, 6.45) is 0.293. The molecule has 0 amide bonds. The molecule has 25 heavy (non-hydrogen) atoms. The summed E-state index contributed by atoms with van der Waals surface area (Å²) >= 11 is 5.85. The highest BCUT2D eigenvalue weighted by Gasteiger charge is 2.40. The number of sulfonamides is 1. The van der Waals surface area contributed by atoms with E-state index in [1.165, 1.54) is 28.6 Å². The predicted octanol–water partition coefficient (Wildman–Crippen LogP) is 3.02. The van der Waals surface area contributed by atoms with Crippen molar-refractivity contribution in [2.24, 2.45) is 0 Å². The van der Waals surface area contributed by atoms with Gasteiger partial charge in [0.15, 0.2) is 0 Å². The minimum absolute atomic E-state index is 0.102. The number of hydrogen-bond acceptors (Lipinski definition) is 4. The number of carbonyl (C=O) groups is 1. The summed E-state index contributed by atoms with van der Waals surface area (Å²) in [7, 11) is -3.86. The first-order valence-corrected chi connectivity index (χ1v) is 9.76. The second kappa shape index (κ2) is 7.15. The van der Waals surface area contributed by atoms with Gasteiger partial charge in [0, 0.05) is 18.0 Å². The second-order valence-electron chi connectivity index (χ2n) is 5.74. The Morgan fingerprint density at radius 2 is 1.80 bits per heavy atom. The lowest BCUT2D eigenvalue weighted by Gasteiger charge is -2.34. The van der Waals surface area contributed by atoms with Crippen molar-refractivity contribution in [3.05, 3.63) is 64.7 Å². The van der Waals surface area contributed by atoms with Crippen LogP contribution >= 0.6 is 11.6 Å². The molecule has 0 saturated carbocycles. The molecule has 1 aliphatic heterocycles. The molecule has 132 valence electrons. The lowest BCUT2D eigenvalue weighted by molar-refractivity contribution is -0.148.